The van der Waals surface area contributed by atoms with E-state index in [1.165, 1.54) is 5.56 Å². The van der Waals surface area contributed by atoms with Crippen LogP contribution in [0.15, 0.2) is 54.6 Å². The van der Waals surface area contributed by atoms with E-state index < -0.39 is 5.91 Å². The molecule has 0 aliphatic carbocycles. The molecule has 0 bridgehead atoms. The van der Waals surface area contributed by atoms with Gasteiger partial charge in [-0.05, 0) is 60.9 Å². The van der Waals surface area contributed by atoms with E-state index in [4.69, 9.17) is 9.47 Å². The van der Waals surface area contributed by atoms with Gasteiger partial charge in [-0.1, -0.05) is 65.0 Å². The van der Waals surface area contributed by atoms with E-state index in [1.54, 1.807) is 0 Å². The van der Waals surface area contributed by atoms with Gasteiger partial charge in [-0.2, -0.15) is 0 Å². The maximum absolute atomic E-state index is 6.64. The molecule has 0 aliphatic heterocycles. The number of quaternary nitrogens is 1. The molecule has 30 heavy (non-hydrogen) atoms. The van der Waals surface area contributed by atoms with Crippen LogP contribution in [0.5, 0.6) is 5.75 Å². The smallest absolute Gasteiger partial charge is 0.389 e. The normalized spacial score (nSPS) is 15.0. The Kier molecular flexibility index (Phi) is 7.42. The summed E-state index contributed by atoms with van der Waals surface area (Å²) in [4.78, 5) is 0. The Morgan fingerprint density at radius 1 is 0.767 bits per heavy atom. The Bertz CT molecular complexity index is 788. The molecule has 0 saturated heterocycles. The predicted molar refractivity (Wildman–Crippen MR) is 127 cm³/mol. The summed E-state index contributed by atoms with van der Waals surface area (Å²) in [5.74, 6) is -0.111. The van der Waals surface area contributed by atoms with E-state index in [-0.39, 0.29) is 10.8 Å². The molecule has 1 atom stereocenters. The monoisotopic (exact) mass is 412 g/mol. The number of hydrogen-bond donors (Lipinski definition) is 0. The molecule has 0 spiro atoms. The van der Waals surface area contributed by atoms with Crippen LogP contribution in [-0.4, -0.2) is 31.7 Å². The summed E-state index contributed by atoms with van der Waals surface area (Å²) in [6, 6.07) is 18.8. The molecule has 0 saturated carbocycles. The molecule has 0 radical (unpaired) electrons. The summed E-state index contributed by atoms with van der Waals surface area (Å²) in [6.45, 7) is 17.2. The van der Waals surface area contributed by atoms with Crippen LogP contribution in [0, 0.1) is 5.41 Å². The lowest BCUT2D eigenvalue weighted by Crippen LogP contribution is -2.62. The first-order chi connectivity index (χ1) is 13.9. The van der Waals surface area contributed by atoms with Crippen LogP contribution in [0.1, 0.15) is 66.0 Å². The first-order valence-corrected chi connectivity index (χ1v) is 11.2. The Balaban J connectivity index is 2.53. The topological polar surface area (TPSA) is 18.5 Å². The lowest BCUT2D eigenvalue weighted by molar-refractivity contribution is -1.000. The van der Waals surface area contributed by atoms with Gasteiger partial charge >= 0.3 is 5.91 Å². The van der Waals surface area contributed by atoms with Crippen LogP contribution < -0.4 is 4.74 Å². The average Bonchev–Trinajstić information content (AvgIpc) is 2.66. The van der Waals surface area contributed by atoms with Gasteiger partial charge in [-0.15, -0.1) is 0 Å². The van der Waals surface area contributed by atoms with E-state index in [1.807, 2.05) is 37.3 Å². The zero-order chi connectivity index (χ0) is 22.6. The molecule has 2 rings (SSSR count). The largest absolute Gasteiger partial charge is 0.413 e. The fourth-order valence-electron chi connectivity index (χ4n) is 4.43. The van der Waals surface area contributed by atoms with Gasteiger partial charge in [0.05, 0.1) is 32.8 Å². The van der Waals surface area contributed by atoms with E-state index in [9.17, 15) is 0 Å². The highest BCUT2D eigenvalue weighted by atomic mass is 16.7. The fourth-order valence-corrected chi connectivity index (χ4v) is 4.43. The van der Waals surface area contributed by atoms with Crippen LogP contribution in [0.3, 0.4) is 0 Å². The van der Waals surface area contributed by atoms with Crippen LogP contribution in [0.4, 0.5) is 0 Å². The molecule has 3 heteroatoms. The minimum Gasteiger partial charge on any atom is -0.413 e. The van der Waals surface area contributed by atoms with Gasteiger partial charge in [0, 0.05) is 0 Å². The lowest BCUT2D eigenvalue weighted by atomic mass is 9.72. The summed E-state index contributed by atoms with van der Waals surface area (Å²) in [7, 11) is 4.33. The fraction of sp³-hybridized carbons (Fsp3) is 0.556. The van der Waals surface area contributed by atoms with Gasteiger partial charge in [0.1, 0.15) is 5.75 Å². The molecule has 0 heterocycles. The highest BCUT2D eigenvalue weighted by Crippen LogP contribution is 2.40. The van der Waals surface area contributed by atoms with Crippen molar-refractivity contribution in [2.45, 2.75) is 66.2 Å². The SMILES string of the molecule is CCOC(Oc1ccccc1)(c1ccc(C(C)(C)CC(C)(C)C)cc1)[N+](C)(C)CC. The van der Waals surface area contributed by atoms with Crippen molar-refractivity contribution in [1.82, 2.24) is 0 Å². The van der Waals surface area contributed by atoms with Crippen molar-refractivity contribution in [3.05, 3.63) is 65.7 Å². The maximum atomic E-state index is 6.64. The van der Waals surface area contributed by atoms with E-state index >= 15 is 0 Å². The molecular formula is C27H42NO2+. The molecule has 2 aromatic rings. The number of nitrogens with zero attached hydrogens (tertiary/aromatic N) is 1. The van der Waals surface area contributed by atoms with Crippen LogP contribution in [0.25, 0.3) is 0 Å². The van der Waals surface area contributed by atoms with Crippen molar-refractivity contribution in [3.63, 3.8) is 0 Å². The highest BCUT2D eigenvalue weighted by molar-refractivity contribution is 5.31. The summed E-state index contributed by atoms with van der Waals surface area (Å²) < 4.78 is 13.6. The van der Waals surface area contributed by atoms with Gasteiger partial charge in [0.2, 0.25) is 0 Å². The number of para-hydroxylation sites is 1. The molecule has 0 amide bonds. The van der Waals surface area contributed by atoms with Crippen molar-refractivity contribution in [3.8, 4) is 5.75 Å². The van der Waals surface area contributed by atoms with Crippen molar-refractivity contribution in [2.24, 2.45) is 5.41 Å². The van der Waals surface area contributed by atoms with Crippen molar-refractivity contribution < 1.29 is 14.0 Å². The highest BCUT2D eigenvalue weighted by Gasteiger charge is 2.51. The molecular weight excluding hydrogens is 370 g/mol. The summed E-state index contributed by atoms with van der Waals surface area (Å²) in [6.07, 6.45) is 1.12. The van der Waals surface area contributed by atoms with Gasteiger partial charge in [0.15, 0.2) is 0 Å². The van der Waals surface area contributed by atoms with E-state index in [2.05, 4.69) is 79.9 Å². The number of benzene rings is 2. The molecule has 3 nitrogen and oxygen atoms in total. The second-order valence-electron chi connectivity index (χ2n) is 10.6. The third kappa shape index (κ3) is 5.44. The Morgan fingerprint density at radius 3 is 1.77 bits per heavy atom. The quantitative estimate of drug-likeness (QED) is 0.336. The molecule has 0 fully saturated rings. The van der Waals surface area contributed by atoms with Crippen molar-refractivity contribution >= 4 is 0 Å². The predicted octanol–water partition coefficient (Wildman–Crippen LogP) is 6.72. The molecule has 0 N–H and O–H groups in total. The second kappa shape index (κ2) is 9.11. The summed E-state index contributed by atoms with van der Waals surface area (Å²) in [5, 5.41) is 0. The van der Waals surface area contributed by atoms with Crippen LogP contribution in [-0.2, 0) is 16.1 Å². The van der Waals surface area contributed by atoms with Gasteiger partial charge < -0.3 is 4.74 Å². The van der Waals surface area contributed by atoms with E-state index in [0.29, 0.717) is 11.1 Å². The van der Waals surface area contributed by atoms with Crippen LogP contribution in [0.2, 0.25) is 0 Å². The first-order valence-electron chi connectivity index (χ1n) is 11.2. The van der Waals surface area contributed by atoms with Gasteiger partial charge in [0.25, 0.3) is 0 Å². The van der Waals surface area contributed by atoms with Gasteiger partial charge in [-0.3, -0.25) is 9.22 Å². The molecule has 166 valence electrons. The van der Waals surface area contributed by atoms with Crippen LogP contribution >= 0.6 is 0 Å². The van der Waals surface area contributed by atoms with Crippen molar-refractivity contribution in [2.75, 3.05) is 27.2 Å². The Morgan fingerprint density at radius 2 is 1.30 bits per heavy atom. The summed E-state index contributed by atoms with van der Waals surface area (Å²) >= 11 is 0. The number of hydrogen-bond acceptors (Lipinski definition) is 2. The summed E-state index contributed by atoms with van der Waals surface area (Å²) in [5.41, 5.74) is 2.75. The lowest BCUT2D eigenvalue weighted by Gasteiger charge is -2.46. The zero-order valence-corrected chi connectivity index (χ0v) is 20.6. The van der Waals surface area contributed by atoms with Gasteiger partial charge in [-0.25, -0.2) is 0 Å². The average molecular weight is 413 g/mol. The molecule has 1 unspecified atom stereocenters. The minimum atomic E-state index is -0.919. The molecule has 0 aliphatic rings. The zero-order valence-electron chi connectivity index (χ0n) is 20.6. The second-order valence-corrected chi connectivity index (χ2v) is 10.6. The first kappa shape index (κ1) is 24.4. The third-order valence-corrected chi connectivity index (χ3v) is 5.93. The van der Waals surface area contributed by atoms with Crippen molar-refractivity contribution in [1.29, 1.82) is 0 Å². The van der Waals surface area contributed by atoms with E-state index in [0.717, 1.165) is 24.3 Å². The molecule has 0 aromatic heterocycles. The maximum Gasteiger partial charge on any atom is 0.389 e. The number of ether oxygens (including phenoxy) is 2. The molecule has 2 aromatic carbocycles. The standard InChI is InChI=1S/C27H42NO2/c1-10-28(8,9)27(29-11-2,30-24-15-13-12-14-16-24)23-19-17-22(18-20-23)26(6,7)21-25(3,4)5/h12-20H,10-11,21H2,1-9H3/q+1. The Labute approximate surface area is 184 Å². The third-order valence-electron chi connectivity index (χ3n) is 5.93. The Hall–Kier alpha value is -1.84. The number of rotatable bonds is 9. The minimum absolute atomic E-state index is 0.0977.